The number of amides is 1. The summed E-state index contributed by atoms with van der Waals surface area (Å²) in [5.74, 6) is 0. The van der Waals surface area contributed by atoms with Gasteiger partial charge in [0.05, 0.1) is 6.10 Å². The van der Waals surface area contributed by atoms with Crippen LogP contribution < -0.4 is 0 Å². The zero-order chi connectivity index (χ0) is 14.8. The normalized spacial score (nSPS) is 28.7. The SMILES string of the molecule is C[C@@H]1CN(C[C@H]2CCCO2)CCN1C(=O)OC(C)(C)C. The third-order valence-electron chi connectivity index (χ3n) is 3.83. The van der Waals surface area contributed by atoms with Gasteiger partial charge in [-0.15, -0.1) is 0 Å². The molecule has 5 nitrogen and oxygen atoms in total. The van der Waals surface area contributed by atoms with Crippen LogP contribution in [0.1, 0.15) is 40.5 Å². The molecule has 0 aliphatic carbocycles. The summed E-state index contributed by atoms with van der Waals surface area (Å²) in [6.07, 6.45) is 2.54. The number of piperazine rings is 1. The monoisotopic (exact) mass is 284 g/mol. The average molecular weight is 284 g/mol. The lowest BCUT2D eigenvalue weighted by Gasteiger charge is -2.40. The first-order chi connectivity index (χ1) is 9.35. The summed E-state index contributed by atoms with van der Waals surface area (Å²) in [5.41, 5.74) is -0.425. The van der Waals surface area contributed by atoms with E-state index in [-0.39, 0.29) is 12.1 Å². The number of nitrogens with zero attached hydrogens (tertiary/aromatic N) is 2. The van der Waals surface area contributed by atoms with Gasteiger partial charge in [-0.1, -0.05) is 0 Å². The lowest BCUT2D eigenvalue weighted by molar-refractivity contribution is -0.00624. The van der Waals surface area contributed by atoms with Gasteiger partial charge in [0.25, 0.3) is 0 Å². The largest absolute Gasteiger partial charge is 0.444 e. The van der Waals surface area contributed by atoms with Gasteiger partial charge in [-0.05, 0) is 40.5 Å². The fourth-order valence-electron chi connectivity index (χ4n) is 2.87. The first kappa shape index (κ1) is 15.6. The van der Waals surface area contributed by atoms with E-state index in [4.69, 9.17) is 9.47 Å². The Labute approximate surface area is 122 Å². The van der Waals surface area contributed by atoms with Crippen LogP contribution in [-0.2, 0) is 9.47 Å². The average Bonchev–Trinajstić information content (AvgIpc) is 2.79. The zero-order valence-corrected chi connectivity index (χ0v) is 13.2. The molecule has 0 bridgehead atoms. The van der Waals surface area contributed by atoms with Crippen molar-refractivity contribution in [1.82, 2.24) is 9.80 Å². The van der Waals surface area contributed by atoms with E-state index in [1.165, 1.54) is 12.8 Å². The molecule has 2 heterocycles. The molecular formula is C15H28N2O3. The van der Waals surface area contributed by atoms with Crippen molar-refractivity contribution in [3.63, 3.8) is 0 Å². The minimum Gasteiger partial charge on any atom is -0.444 e. The quantitative estimate of drug-likeness (QED) is 0.779. The summed E-state index contributed by atoms with van der Waals surface area (Å²) in [6.45, 7) is 12.2. The van der Waals surface area contributed by atoms with Gasteiger partial charge in [0, 0.05) is 38.8 Å². The van der Waals surface area contributed by atoms with Gasteiger partial charge in [0.1, 0.15) is 5.60 Å². The van der Waals surface area contributed by atoms with Crippen molar-refractivity contribution in [2.24, 2.45) is 0 Å². The van der Waals surface area contributed by atoms with Crippen LogP contribution in [-0.4, -0.2) is 66.4 Å². The lowest BCUT2D eigenvalue weighted by atomic mass is 10.1. The molecule has 0 unspecified atom stereocenters. The number of carbonyl (C=O) groups excluding carboxylic acids is 1. The summed E-state index contributed by atoms with van der Waals surface area (Å²) in [4.78, 5) is 16.4. The Balaban J connectivity index is 1.80. The van der Waals surface area contributed by atoms with Gasteiger partial charge in [0.2, 0.25) is 0 Å². The Morgan fingerprint density at radius 1 is 1.35 bits per heavy atom. The van der Waals surface area contributed by atoms with Crippen LogP contribution in [0.5, 0.6) is 0 Å². The Morgan fingerprint density at radius 3 is 2.65 bits per heavy atom. The summed E-state index contributed by atoms with van der Waals surface area (Å²) in [7, 11) is 0. The minimum absolute atomic E-state index is 0.193. The highest BCUT2D eigenvalue weighted by Crippen LogP contribution is 2.18. The van der Waals surface area contributed by atoms with Gasteiger partial charge in [-0.2, -0.15) is 0 Å². The van der Waals surface area contributed by atoms with E-state index < -0.39 is 5.60 Å². The molecule has 2 rings (SSSR count). The van der Waals surface area contributed by atoms with E-state index in [1.807, 2.05) is 25.7 Å². The van der Waals surface area contributed by atoms with E-state index >= 15 is 0 Å². The van der Waals surface area contributed by atoms with Gasteiger partial charge in [-0.3, -0.25) is 4.90 Å². The van der Waals surface area contributed by atoms with Crippen LogP contribution in [0, 0.1) is 0 Å². The Hall–Kier alpha value is -0.810. The molecule has 0 aromatic rings. The first-order valence-electron chi connectivity index (χ1n) is 7.69. The Morgan fingerprint density at radius 2 is 2.10 bits per heavy atom. The second-order valence-electron chi connectivity index (χ2n) is 6.92. The fourth-order valence-corrected chi connectivity index (χ4v) is 2.87. The molecule has 2 atom stereocenters. The number of rotatable bonds is 2. The molecule has 2 saturated heterocycles. The highest BCUT2D eigenvalue weighted by molar-refractivity contribution is 5.68. The van der Waals surface area contributed by atoms with E-state index in [1.54, 1.807) is 0 Å². The molecule has 2 fully saturated rings. The molecule has 0 radical (unpaired) electrons. The van der Waals surface area contributed by atoms with Gasteiger partial charge in [-0.25, -0.2) is 4.79 Å². The molecule has 20 heavy (non-hydrogen) atoms. The standard InChI is InChI=1S/C15H28N2O3/c1-12-10-16(11-13-6-5-9-19-13)7-8-17(12)14(18)20-15(2,3)4/h12-13H,5-11H2,1-4H3/t12-,13-/m1/s1. The number of hydrogen-bond donors (Lipinski definition) is 0. The molecule has 0 aromatic carbocycles. The van der Waals surface area contributed by atoms with Gasteiger partial charge in [0.15, 0.2) is 0 Å². The van der Waals surface area contributed by atoms with Crippen molar-refractivity contribution < 1.29 is 14.3 Å². The molecule has 2 aliphatic heterocycles. The summed E-state index contributed by atoms with van der Waals surface area (Å²) >= 11 is 0. The van der Waals surface area contributed by atoms with Crippen LogP contribution in [0.2, 0.25) is 0 Å². The van der Waals surface area contributed by atoms with E-state index in [0.29, 0.717) is 6.10 Å². The molecule has 1 amide bonds. The Kier molecular flexibility index (Phi) is 4.91. The van der Waals surface area contributed by atoms with Crippen LogP contribution in [0.3, 0.4) is 0 Å². The molecule has 116 valence electrons. The molecular weight excluding hydrogens is 256 g/mol. The topological polar surface area (TPSA) is 42.0 Å². The fraction of sp³-hybridized carbons (Fsp3) is 0.933. The van der Waals surface area contributed by atoms with Crippen LogP contribution in [0.15, 0.2) is 0 Å². The zero-order valence-electron chi connectivity index (χ0n) is 13.2. The highest BCUT2D eigenvalue weighted by Gasteiger charge is 2.31. The summed E-state index contributed by atoms with van der Waals surface area (Å²) < 4.78 is 11.1. The van der Waals surface area contributed by atoms with Gasteiger partial charge >= 0.3 is 6.09 Å². The molecule has 5 heteroatoms. The predicted molar refractivity (Wildman–Crippen MR) is 77.8 cm³/mol. The molecule has 0 aromatic heterocycles. The Bertz CT molecular complexity index is 335. The molecule has 2 aliphatic rings. The van der Waals surface area contributed by atoms with Crippen molar-refractivity contribution in [3.8, 4) is 0 Å². The van der Waals surface area contributed by atoms with Crippen LogP contribution in [0.25, 0.3) is 0 Å². The van der Waals surface area contributed by atoms with Crippen LogP contribution >= 0.6 is 0 Å². The molecule has 0 spiro atoms. The molecule has 0 N–H and O–H groups in total. The van der Waals surface area contributed by atoms with Crippen molar-refractivity contribution in [3.05, 3.63) is 0 Å². The maximum atomic E-state index is 12.1. The van der Waals surface area contributed by atoms with Crippen molar-refractivity contribution >= 4 is 6.09 Å². The van der Waals surface area contributed by atoms with Gasteiger partial charge < -0.3 is 14.4 Å². The lowest BCUT2D eigenvalue weighted by Crippen LogP contribution is -2.56. The maximum absolute atomic E-state index is 12.1. The van der Waals surface area contributed by atoms with Crippen LogP contribution in [0.4, 0.5) is 4.79 Å². The smallest absolute Gasteiger partial charge is 0.410 e. The predicted octanol–water partition coefficient (Wildman–Crippen LogP) is 2.11. The summed E-state index contributed by atoms with van der Waals surface area (Å²) in [6, 6.07) is 0.194. The van der Waals surface area contributed by atoms with Crippen molar-refractivity contribution in [2.45, 2.75) is 58.3 Å². The van der Waals surface area contributed by atoms with Crippen molar-refractivity contribution in [2.75, 3.05) is 32.8 Å². The molecule has 0 saturated carbocycles. The van der Waals surface area contributed by atoms with E-state index in [2.05, 4.69) is 11.8 Å². The number of hydrogen-bond acceptors (Lipinski definition) is 4. The van der Waals surface area contributed by atoms with E-state index in [0.717, 1.165) is 32.8 Å². The highest BCUT2D eigenvalue weighted by atomic mass is 16.6. The number of carbonyl (C=O) groups is 1. The maximum Gasteiger partial charge on any atom is 0.410 e. The number of ether oxygens (including phenoxy) is 2. The first-order valence-corrected chi connectivity index (χ1v) is 7.69. The summed E-state index contributed by atoms with van der Waals surface area (Å²) in [5, 5.41) is 0. The van der Waals surface area contributed by atoms with Crippen molar-refractivity contribution in [1.29, 1.82) is 0 Å². The second-order valence-corrected chi connectivity index (χ2v) is 6.92. The third-order valence-corrected chi connectivity index (χ3v) is 3.83. The second kappa shape index (κ2) is 6.31. The van der Waals surface area contributed by atoms with E-state index in [9.17, 15) is 4.79 Å². The minimum atomic E-state index is -0.425. The third kappa shape index (κ3) is 4.35.